The summed E-state index contributed by atoms with van der Waals surface area (Å²) in [7, 11) is 0. The van der Waals surface area contributed by atoms with Gasteiger partial charge in [-0.3, -0.25) is 0 Å². The highest BCUT2D eigenvalue weighted by atomic mass is 19.1. The van der Waals surface area contributed by atoms with Crippen molar-refractivity contribution in [3.8, 4) is 0 Å². The molecule has 1 heterocycles. The first kappa shape index (κ1) is 11.4. The number of halogens is 1. The molecule has 1 aliphatic rings. The van der Waals surface area contributed by atoms with E-state index < -0.39 is 0 Å². The van der Waals surface area contributed by atoms with Crippen LogP contribution in [-0.4, -0.2) is 22.9 Å². The lowest BCUT2D eigenvalue weighted by Crippen LogP contribution is -2.20. The van der Waals surface area contributed by atoms with Crippen LogP contribution in [0.15, 0.2) is 34.6 Å². The molecule has 1 aromatic carbocycles. The summed E-state index contributed by atoms with van der Waals surface area (Å²) in [5, 5.41) is 15.2. The zero-order chi connectivity index (χ0) is 12.3. The lowest BCUT2D eigenvalue weighted by atomic mass is 10.0. The fourth-order valence-corrected chi connectivity index (χ4v) is 1.62. The van der Waals surface area contributed by atoms with E-state index in [4.69, 9.17) is 15.8 Å². The molecule has 1 atom stereocenters. The fourth-order valence-electron chi connectivity index (χ4n) is 1.62. The van der Waals surface area contributed by atoms with Crippen molar-refractivity contribution in [2.24, 2.45) is 16.0 Å². The van der Waals surface area contributed by atoms with Gasteiger partial charge in [-0.05, 0) is 17.7 Å². The van der Waals surface area contributed by atoms with E-state index in [9.17, 15) is 4.39 Å². The van der Waals surface area contributed by atoms with Gasteiger partial charge in [0, 0.05) is 12.8 Å². The third-order valence-corrected chi connectivity index (χ3v) is 2.48. The van der Waals surface area contributed by atoms with Crippen LogP contribution in [0, 0.1) is 5.82 Å². The largest absolute Gasteiger partial charge is 0.409 e. The van der Waals surface area contributed by atoms with Crippen LogP contribution in [0.25, 0.3) is 0 Å². The van der Waals surface area contributed by atoms with Crippen LogP contribution in [0.5, 0.6) is 0 Å². The van der Waals surface area contributed by atoms with Crippen LogP contribution in [0.4, 0.5) is 4.39 Å². The average Bonchev–Trinajstić information content (AvgIpc) is 2.78. The fraction of sp³-hybridized carbons (Fsp3) is 0.273. The van der Waals surface area contributed by atoms with Crippen LogP contribution >= 0.6 is 0 Å². The molecule has 0 fully saturated rings. The first-order valence-corrected chi connectivity index (χ1v) is 5.14. The van der Waals surface area contributed by atoms with Gasteiger partial charge < -0.3 is 15.8 Å². The Labute approximate surface area is 97.4 Å². The van der Waals surface area contributed by atoms with Crippen molar-refractivity contribution < 1.29 is 14.4 Å². The van der Waals surface area contributed by atoms with Crippen LogP contribution in [-0.2, 0) is 4.84 Å². The first-order valence-electron chi connectivity index (χ1n) is 5.14. The summed E-state index contributed by atoms with van der Waals surface area (Å²) < 4.78 is 12.7. The van der Waals surface area contributed by atoms with E-state index in [-0.39, 0.29) is 17.8 Å². The molecule has 0 unspecified atom stereocenters. The van der Waals surface area contributed by atoms with Gasteiger partial charge in [0.05, 0.1) is 5.71 Å². The Morgan fingerprint density at radius 1 is 1.53 bits per heavy atom. The van der Waals surface area contributed by atoms with Crippen molar-refractivity contribution >= 4 is 11.5 Å². The number of hydrogen-bond acceptors (Lipinski definition) is 4. The van der Waals surface area contributed by atoms with Crippen molar-refractivity contribution in [2.45, 2.75) is 18.9 Å². The highest BCUT2D eigenvalue weighted by Gasteiger charge is 2.23. The van der Waals surface area contributed by atoms with Gasteiger partial charge in [-0.25, -0.2) is 4.39 Å². The zero-order valence-electron chi connectivity index (χ0n) is 9.01. The Kier molecular flexibility index (Phi) is 3.22. The molecule has 17 heavy (non-hydrogen) atoms. The molecular weight excluding hydrogens is 225 g/mol. The van der Waals surface area contributed by atoms with E-state index in [1.807, 2.05) is 0 Å². The van der Waals surface area contributed by atoms with Gasteiger partial charge in [-0.15, -0.1) is 0 Å². The third-order valence-electron chi connectivity index (χ3n) is 2.48. The summed E-state index contributed by atoms with van der Waals surface area (Å²) in [4.78, 5) is 5.14. The molecule has 6 heteroatoms. The lowest BCUT2D eigenvalue weighted by molar-refractivity contribution is 0.0901. The maximum Gasteiger partial charge on any atom is 0.142 e. The molecule has 3 N–H and O–H groups in total. The van der Waals surface area contributed by atoms with Crippen LogP contribution in [0.1, 0.15) is 18.4 Å². The predicted octanol–water partition coefficient (Wildman–Crippen LogP) is 1.46. The Morgan fingerprint density at radius 2 is 2.24 bits per heavy atom. The van der Waals surface area contributed by atoms with E-state index in [1.54, 1.807) is 12.1 Å². The average molecular weight is 237 g/mol. The molecular formula is C11H12FN3O2. The molecule has 0 bridgehead atoms. The van der Waals surface area contributed by atoms with Crippen molar-refractivity contribution in [1.82, 2.24) is 0 Å². The predicted molar refractivity (Wildman–Crippen MR) is 60.5 cm³/mol. The van der Waals surface area contributed by atoms with Gasteiger partial charge in [-0.2, -0.15) is 0 Å². The SMILES string of the molecule is N/C(C[C@@H]1CC(c2ccc(F)cc2)=NO1)=N/O. The van der Waals surface area contributed by atoms with Crippen LogP contribution in [0.2, 0.25) is 0 Å². The summed E-state index contributed by atoms with van der Waals surface area (Å²) in [6.07, 6.45) is 0.637. The van der Waals surface area contributed by atoms with Crippen LogP contribution < -0.4 is 5.73 Å². The summed E-state index contributed by atoms with van der Waals surface area (Å²) in [5.41, 5.74) is 6.93. The van der Waals surface area contributed by atoms with Gasteiger partial charge in [0.15, 0.2) is 0 Å². The number of nitrogens with zero attached hydrogens (tertiary/aromatic N) is 2. The molecule has 0 aliphatic carbocycles. The highest BCUT2D eigenvalue weighted by molar-refractivity contribution is 6.01. The number of hydrogen-bond donors (Lipinski definition) is 2. The van der Waals surface area contributed by atoms with Gasteiger partial charge in [-0.1, -0.05) is 22.4 Å². The van der Waals surface area contributed by atoms with Gasteiger partial charge in [0.25, 0.3) is 0 Å². The summed E-state index contributed by atoms with van der Waals surface area (Å²) in [6, 6.07) is 6.02. The molecule has 0 saturated heterocycles. The van der Waals surface area contributed by atoms with E-state index in [0.717, 1.165) is 11.3 Å². The van der Waals surface area contributed by atoms with Gasteiger partial charge in [0.1, 0.15) is 17.8 Å². The third kappa shape index (κ3) is 2.72. The monoisotopic (exact) mass is 237 g/mol. The van der Waals surface area contributed by atoms with Gasteiger partial charge in [0.2, 0.25) is 0 Å². The van der Waals surface area contributed by atoms with E-state index >= 15 is 0 Å². The standard InChI is InChI=1S/C11H12FN3O2/c12-8-3-1-7(2-4-8)10-5-9(17-15-10)6-11(13)14-16/h1-4,9,16H,5-6H2,(H2,13,14)/t9-/m0/s1. The molecule has 0 amide bonds. The molecule has 90 valence electrons. The summed E-state index contributed by atoms with van der Waals surface area (Å²) in [5.74, 6) is -0.188. The Balaban J connectivity index is 2.00. The number of rotatable bonds is 3. The van der Waals surface area contributed by atoms with E-state index in [2.05, 4.69) is 10.3 Å². The molecule has 1 aliphatic heterocycles. The smallest absolute Gasteiger partial charge is 0.142 e. The summed E-state index contributed by atoms with van der Waals surface area (Å²) >= 11 is 0. The highest BCUT2D eigenvalue weighted by Crippen LogP contribution is 2.19. The molecule has 5 nitrogen and oxygen atoms in total. The van der Waals surface area contributed by atoms with Crippen LogP contribution in [0.3, 0.4) is 0 Å². The quantitative estimate of drug-likeness (QED) is 0.361. The second-order valence-corrected chi connectivity index (χ2v) is 3.77. The molecule has 0 radical (unpaired) electrons. The molecule has 0 saturated carbocycles. The molecule has 1 aromatic rings. The minimum Gasteiger partial charge on any atom is -0.409 e. The Hall–Kier alpha value is -2.11. The minimum atomic E-state index is -0.290. The molecule has 0 spiro atoms. The number of benzene rings is 1. The number of oxime groups is 2. The van der Waals surface area contributed by atoms with E-state index in [1.165, 1.54) is 12.1 Å². The molecule has 0 aromatic heterocycles. The van der Waals surface area contributed by atoms with E-state index in [0.29, 0.717) is 12.8 Å². The summed E-state index contributed by atoms with van der Waals surface area (Å²) in [6.45, 7) is 0. The second kappa shape index (κ2) is 4.82. The molecule has 2 rings (SSSR count). The maximum atomic E-state index is 12.7. The number of nitrogens with two attached hydrogens (primary N) is 1. The normalized spacial score (nSPS) is 19.9. The lowest BCUT2D eigenvalue weighted by Gasteiger charge is -2.05. The van der Waals surface area contributed by atoms with Gasteiger partial charge >= 0.3 is 0 Å². The van der Waals surface area contributed by atoms with Crippen molar-refractivity contribution in [3.05, 3.63) is 35.6 Å². The van der Waals surface area contributed by atoms with Crippen molar-refractivity contribution in [2.75, 3.05) is 0 Å². The van der Waals surface area contributed by atoms with Crippen molar-refractivity contribution in [1.29, 1.82) is 0 Å². The zero-order valence-corrected chi connectivity index (χ0v) is 9.01. The Bertz CT molecular complexity index is 456. The maximum absolute atomic E-state index is 12.7. The van der Waals surface area contributed by atoms with Crippen molar-refractivity contribution in [3.63, 3.8) is 0 Å². The minimum absolute atomic E-state index is 0.102. The first-order chi connectivity index (χ1) is 8.19. The second-order valence-electron chi connectivity index (χ2n) is 3.77. The number of amidine groups is 1. The topological polar surface area (TPSA) is 80.2 Å². The Morgan fingerprint density at radius 3 is 2.88 bits per heavy atom.